The molecule has 0 bridgehead atoms. The zero-order valence-corrected chi connectivity index (χ0v) is 11.9. The number of aromatic nitrogens is 1. The van der Waals surface area contributed by atoms with Crippen LogP contribution in [0.5, 0.6) is 0 Å². The molecule has 0 unspecified atom stereocenters. The SMILES string of the molecule is O=Cc1c(-c2ccc3c(c2)CCCC3)[nH]c2ccccc12. The Bertz CT molecular complexity index is 829. The summed E-state index contributed by atoms with van der Waals surface area (Å²) >= 11 is 0. The Kier molecular flexibility index (Phi) is 2.88. The fourth-order valence-electron chi connectivity index (χ4n) is 3.40. The maximum Gasteiger partial charge on any atom is 0.152 e. The standard InChI is InChI=1S/C19H17NO/c21-12-17-16-7-3-4-8-18(16)20-19(17)15-10-9-13-5-1-2-6-14(13)11-15/h3-4,7-12,20H,1-2,5-6H2. The molecule has 3 aromatic rings. The lowest BCUT2D eigenvalue weighted by Gasteiger charge is -2.16. The van der Waals surface area contributed by atoms with Crippen molar-refractivity contribution in [3.05, 3.63) is 59.2 Å². The highest BCUT2D eigenvalue weighted by Gasteiger charge is 2.15. The Hall–Kier alpha value is -2.35. The molecular weight excluding hydrogens is 258 g/mol. The number of para-hydroxylation sites is 1. The van der Waals surface area contributed by atoms with Crippen LogP contribution < -0.4 is 0 Å². The third-order valence-corrected chi connectivity index (χ3v) is 4.50. The number of hydrogen-bond acceptors (Lipinski definition) is 1. The minimum Gasteiger partial charge on any atom is -0.354 e. The molecule has 1 N–H and O–H groups in total. The molecule has 0 saturated carbocycles. The summed E-state index contributed by atoms with van der Waals surface area (Å²) in [4.78, 5) is 15.0. The molecule has 104 valence electrons. The Morgan fingerprint density at radius 1 is 0.952 bits per heavy atom. The molecule has 1 aliphatic rings. The van der Waals surface area contributed by atoms with Crippen LogP contribution in [0.1, 0.15) is 34.3 Å². The van der Waals surface area contributed by atoms with Crippen molar-refractivity contribution in [2.45, 2.75) is 25.7 Å². The van der Waals surface area contributed by atoms with Gasteiger partial charge in [-0.1, -0.05) is 30.3 Å². The minimum atomic E-state index is 0.765. The van der Waals surface area contributed by atoms with Gasteiger partial charge in [0.05, 0.1) is 5.69 Å². The molecule has 0 fully saturated rings. The van der Waals surface area contributed by atoms with E-state index in [0.29, 0.717) is 0 Å². The number of aromatic amines is 1. The number of rotatable bonds is 2. The van der Waals surface area contributed by atoms with Gasteiger partial charge in [-0.3, -0.25) is 4.79 Å². The number of aldehydes is 1. The van der Waals surface area contributed by atoms with Crippen LogP contribution in [0.2, 0.25) is 0 Å². The van der Waals surface area contributed by atoms with Gasteiger partial charge in [0.1, 0.15) is 0 Å². The fraction of sp³-hybridized carbons (Fsp3) is 0.211. The van der Waals surface area contributed by atoms with Crippen LogP contribution in [-0.2, 0) is 12.8 Å². The van der Waals surface area contributed by atoms with Crippen LogP contribution in [0.4, 0.5) is 0 Å². The Balaban J connectivity index is 1.91. The van der Waals surface area contributed by atoms with E-state index in [-0.39, 0.29) is 0 Å². The zero-order chi connectivity index (χ0) is 14.2. The maximum atomic E-state index is 11.5. The number of fused-ring (bicyclic) bond motifs is 2. The van der Waals surface area contributed by atoms with E-state index in [0.717, 1.165) is 40.4 Å². The summed E-state index contributed by atoms with van der Waals surface area (Å²) in [6, 6.07) is 14.6. The van der Waals surface area contributed by atoms with E-state index in [1.54, 1.807) is 0 Å². The van der Waals surface area contributed by atoms with Crippen LogP contribution in [0.25, 0.3) is 22.2 Å². The molecule has 1 aromatic heterocycles. The Morgan fingerprint density at radius 3 is 2.62 bits per heavy atom. The number of nitrogens with one attached hydrogen (secondary N) is 1. The van der Waals surface area contributed by atoms with E-state index >= 15 is 0 Å². The average Bonchev–Trinajstić information content (AvgIpc) is 2.93. The van der Waals surface area contributed by atoms with Crippen LogP contribution in [0.3, 0.4) is 0 Å². The summed E-state index contributed by atoms with van der Waals surface area (Å²) in [7, 11) is 0. The van der Waals surface area contributed by atoms with Crippen molar-refractivity contribution in [3.63, 3.8) is 0 Å². The van der Waals surface area contributed by atoms with Gasteiger partial charge in [-0.25, -0.2) is 0 Å². The largest absolute Gasteiger partial charge is 0.354 e. The van der Waals surface area contributed by atoms with E-state index in [2.05, 4.69) is 23.2 Å². The van der Waals surface area contributed by atoms with Crippen molar-refractivity contribution < 1.29 is 4.79 Å². The highest BCUT2D eigenvalue weighted by atomic mass is 16.1. The van der Waals surface area contributed by atoms with Gasteiger partial charge in [-0.15, -0.1) is 0 Å². The maximum absolute atomic E-state index is 11.5. The van der Waals surface area contributed by atoms with Gasteiger partial charge in [0.2, 0.25) is 0 Å². The quantitative estimate of drug-likeness (QED) is 0.685. The van der Waals surface area contributed by atoms with Gasteiger partial charge in [0.15, 0.2) is 6.29 Å². The predicted octanol–water partition coefficient (Wildman–Crippen LogP) is 4.53. The topological polar surface area (TPSA) is 32.9 Å². The predicted molar refractivity (Wildman–Crippen MR) is 85.8 cm³/mol. The van der Waals surface area contributed by atoms with Crippen LogP contribution in [0.15, 0.2) is 42.5 Å². The summed E-state index contributed by atoms with van der Waals surface area (Å²) in [5.74, 6) is 0. The van der Waals surface area contributed by atoms with Gasteiger partial charge in [0, 0.05) is 16.5 Å². The number of aryl methyl sites for hydroxylation is 2. The third-order valence-electron chi connectivity index (χ3n) is 4.50. The molecule has 2 heteroatoms. The summed E-state index contributed by atoms with van der Waals surface area (Å²) in [5, 5.41) is 1.00. The molecule has 0 radical (unpaired) electrons. The Morgan fingerprint density at radius 2 is 1.76 bits per heavy atom. The van der Waals surface area contributed by atoms with Gasteiger partial charge in [-0.05, 0) is 54.5 Å². The molecule has 2 nitrogen and oxygen atoms in total. The van der Waals surface area contributed by atoms with Crippen LogP contribution >= 0.6 is 0 Å². The number of benzene rings is 2. The number of carbonyl (C=O) groups excluding carboxylic acids is 1. The van der Waals surface area contributed by atoms with Crippen molar-refractivity contribution in [1.29, 1.82) is 0 Å². The molecule has 0 aliphatic heterocycles. The van der Waals surface area contributed by atoms with Crippen molar-refractivity contribution in [1.82, 2.24) is 4.98 Å². The van der Waals surface area contributed by atoms with Crippen molar-refractivity contribution in [2.24, 2.45) is 0 Å². The van der Waals surface area contributed by atoms with E-state index in [1.807, 2.05) is 24.3 Å². The van der Waals surface area contributed by atoms with E-state index in [9.17, 15) is 4.79 Å². The first-order valence-corrected chi connectivity index (χ1v) is 7.55. The zero-order valence-electron chi connectivity index (χ0n) is 11.9. The second-order valence-electron chi connectivity index (χ2n) is 5.77. The molecule has 0 saturated heterocycles. The van der Waals surface area contributed by atoms with Gasteiger partial charge in [-0.2, -0.15) is 0 Å². The normalized spacial score (nSPS) is 14.1. The highest BCUT2D eigenvalue weighted by Crippen LogP contribution is 2.32. The molecule has 0 atom stereocenters. The van der Waals surface area contributed by atoms with Crippen molar-refractivity contribution in [2.75, 3.05) is 0 Å². The first kappa shape index (κ1) is 12.4. The second-order valence-corrected chi connectivity index (χ2v) is 5.77. The summed E-state index contributed by atoms with van der Waals surface area (Å²) < 4.78 is 0. The lowest BCUT2D eigenvalue weighted by molar-refractivity contribution is 0.112. The van der Waals surface area contributed by atoms with E-state index in [1.165, 1.54) is 30.4 Å². The lowest BCUT2D eigenvalue weighted by Crippen LogP contribution is -2.02. The lowest BCUT2D eigenvalue weighted by atomic mass is 9.89. The molecular formula is C19H17NO. The number of hydrogen-bond donors (Lipinski definition) is 1. The highest BCUT2D eigenvalue weighted by molar-refractivity contribution is 6.04. The third kappa shape index (κ3) is 1.99. The summed E-state index contributed by atoms with van der Waals surface area (Å²) in [6.07, 6.45) is 5.86. The second kappa shape index (κ2) is 4.88. The van der Waals surface area contributed by atoms with Gasteiger partial charge >= 0.3 is 0 Å². The van der Waals surface area contributed by atoms with E-state index in [4.69, 9.17) is 0 Å². The van der Waals surface area contributed by atoms with Crippen LogP contribution in [-0.4, -0.2) is 11.3 Å². The summed E-state index contributed by atoms with van der Waals surface area (Å²) in [5.41, 5.74) is 6.75. The Labute approximate surface area is 123 Å². The van der Waals surface area contributed by atoms with Crippen molar-refractivity contribution >= 4 is 17.2 Å². The number of carbonyl (C=O) groups is 1. The van der Waals surface area contributed by atoms with E-state index < -0.39 is 0 Å². The van der Waals surface area contributed by atoms with Crippen molar-refractivity contribution in [3.8, 4) is 11.3 Å². The molecule has 2 aromatic carbocycles. The minimum absolute atomic E-state index is 0.765. The first-order valence-electron chi connectivity index (χ1n) is 7.55. The molecule has 21 heavy (non-hydrogen) atoms. The molecule has 4 rings (SSSR count). The average molecular weight is 275 g/mol. The van der Waals surface area contributed by atoms with Crippen LogP contribution in [0, 0.1) is 0 Å². The molecule has 0 amide bonds. The molecule has 0 spiro atoms. The van der Waals surface area contributed by atoms with Gasteiger partial charge in [0.25, 0.3) is 0 Å². The monoisotopic (exact) mass is 275 g/mol. The summed E-state index contributed by atoms with van der Waals surface area (Å²) in [6.45, 7) is 0. The first-order chi connectivity index (χ1) is 10.4. The molecule has 1 aliphatic carbocycles. The molecule has 1 heterocycles. The van der Waals surface area contributed by atoms with Gasteiger partial charge < -0.3 is 4.98 Å². The number of H-pyrrole nitrogens is 1. The fourth-order valence-corrected chi connectivity index (χ4v) is 3.40. The smallest absolute Gasteiger partial charge is 0.152 e.